The lowest BCUT2D eigenvalue weighted by molar-refractivity contribution is 0.102. The SMILES string of the molecule is CCCc1nnc(NC(=O)c2cc(-c3ccco3)nc3c2cnn3C(C)C)s1. The fourth-order valence-electron chi connectivity index (χ4n) is 2.92. The highest BCUT2D eigenvalue weighted by Crippen LogP contribution is 2.27. The quantitative estimate of drug-likeness (QED) is 0.521. The molecule has 4 aromatic rings. The van der Waals surface area contributed by atoms with Gasteiger partial charge in [0.15, 0.2) is 11.4 Å². The zero-order chi connectivity index (χ0) is 19.7. The molecular weight excluding hydrogens is 376 g/mol. The smallest absolute Gasteiger partial charge is 0.258 e. The van der Waals surface area contributed by atoms with E-state index in [1.165, 1.54) is 11.3 Å². The van der Waals surface area contributed by atoms with Gasteiger partial charge in [-0.25, -0.2) is 9.67 Å². The van der Waals surface area contributed by atoms with Gasteiger partial charge in [-0.05, 0) is 38.5 Å². The predicted octanol–water partition coefficient (Wildman–Crippen LogP) is 4.33. The summed E-state index contributed by atoms with van der Waals surface area (Å²) in [6, 6.07) is 5.43. The molecule has 0 atom stereocenters. The summed E-state index contributed by atoms with van der Waals surface area (Å²) in [6.07, 6.45) is 5.08. The predicted molar refractivity (Wildman–Crippen MR) is 107 cm³/mol. The normalized spacial score (nSPS) is 11.4. The van der Waals surface area contributed by atoms with Crippen LogP contribution in [0.15, 0.2) is 35.1 Å². The van der Waals surface area contributed by atoms with Crippen molar-refractivity contribution in [3.8, 4) is 11.5 Å². The second-order valence-corrected chi connectivity index (χ2v) is 7.72. The molecule has 0 spiro atoms. The van der Waals surface area contributed by atoms with Crippen molar-refractivity contribution in [2.75, 3.05) is 5.32 Å². The van der Waals surface area contributed by atoms with Crippen LogP contribution in [0, 0.1) is 0 Å². The lowest BCUT2D eigenvalue weighted by atomic mass is 10.1. The van der Waals surface area contributed by atoms with E-state index in [2.05, 4.69) is 32.5 Å². The lowest BCUT2D eigenvalue weighted by Gasteiger charge is -2.09. The molecule has 0 aliphatic rings. The molecule has 9 heteroatoms. The Balaban J connectivity index is 1.76. The second-order valence-electron chi connectivity index (χ2n) is 6.66. The molecular formula is C19H20N6O2S. The number of aromatic nitrogens is 5. The number of nitrogens with zero attached hydrogens (tertiary/aromatic N) is 5. The van der Waals surface area contributed by atoms with Gasteiger partial charge in [0.2, 0.25) is 5.13 Å². The Labute approximate surface area is 165 Å². The number of hydrogen-bond acceptors (Lipinski definition) is 7. The van der Waals surface area contributed by atoms with E-state index in [9.17, 15) is 4.79 Å². The number of carbonyl (C=O) groups is 1. The van der Waals surface area contributed by atoms with Crippen LogP contribution in [0.4, 0.5) is 5.13 Å². The molecule has 1 amide bonds. The second kappa shape index (κ2) is 7.51. The van der Waals surface area contributed by atoms with Gasteiger partial charge in [-0.3, -0.25) is 10.1 Å². The monoisotopic (exact) mass is 396 g/mol. The van der Waals surface area contributed by atoms with Crippen molar-refractivity contribution in [3.05, 3.63) is 41.2 Å². The first-order chi connectivity index (χ1) is 13.6. The number of furan rings is 1. The van der Waals surface area contributed by atoms with Gasteiger partial charge in [-0.15, -0.1) is 10.2 Å². The molecule has 0 aliphatic carbocycles. The van der Waals surface area contributed by atoms with Gasteiger partial charge in [0, 0.05) is 12.5 Å². The van der Waals surface area contributed by atoms with Gasteiger partial charge in [0.1, 0.15) is 10.7 Å². The zero-order valence-corrected chi connectivity index (χ0v) is 16.7. The topological polar surface area (TPSA) is 98.7 Å². The van der Waals surface area contributed by atoms with Crippen molar-refractivity contribution < 1.29 is 9.21 Å². The standard InChI is InChI=1S/C19H20N6O2S/c1-4-6-16-23-24-19(28-16)22-18(26)12-9-14(15-7-5-8-27-15)21-17-13(12)10-20-25(17)11(2)3/h5,7-11H,4,6H2,1-3H3,(H,22,24,26). The molecule has 4 heterocycles. The lowest BCUT2D eigenvalue weighted by Crippen LogP contribution is -2.13. The van der Waals surface area contributed by atoms with E-state index >= 15 is 0 Å². The molecule has 28 heavy (non-hydrogen) atoms. The maximum atomic E-state index is 13.0. The molecule has 4 aromatic heterocycles. The Kier molecular flexibility index (Phi) is 4.91. The van der Waals surface area contributed by atoms with E-state index in [1.807, 2.05) is 19.9 Å². The van der Waals surface area contributed by atoms with E-state index in [0.29, 0.717) is 33.2 Å². The van der Waals surface area contributed by atoms with Crippen molar-refractivity contribution in [1.82, 2.24) is 25.0 Å². The molecule has 0 saturated heterocycles. The number of nitrogens with one attached hydrogen (secondary N) is 1. The third-order valence-corrected chi connectivity index (χ3v) is 5.12. The first kappa shape index (κ1) is 18.3. The maximum absolute atomic E-state index is 13.0. The van der Waals surface area contributed by atoms with Crippen LogP contribution in [0.3, 0.4) is 0 Å². The Morgan fingerprint density at radius 1 is 1.36 bits per heavy atom. The number of amides is 1. The zero-order valence-electron chi connectivity index (χ0n) is 15.8. The van der Waals surface area contributed by atoms with Crippen LogP contribution in [0.1, 0.15) is 48.6 Å². The van der Waals surface area contributed by atoms with Gasteiger partial charge in [0.25, 0.3) is 5.91 Å². The van der Waals surface area contributed by atoms with Crippen molar-refractivity contribution in [2.24, 2.45) is 0 Å². The molecule has 0 aromatic carbocycles. The molecule has 0 fully saturated rings. The summed E-state index contributed by atoms with van der Waals surface area (Å²) in [4.78, 5) is 17.7. The third kappa shape index (κ3) is 3.40. The molecule has 0 radical (unpaired) electrons. The summed E-state index contributed by atoms with van der Waals surface area (Å²) in [5, 5.41) is 17.5. The average molecular weight is 396 g/mol. The van der Waals surface area contributed by atoms with Gasteiger partial charge >= 0.3 is 0 Å². The number of carbonyl (C=O) groups excluding carboxylic acids is 1. The minimum Gasteiger partial charge on any atom is -0.463 e. The van der Waals surface area contributed by atoms with Gasteiger partial charge in [0.05, 0.1) is 23.4 Å². The maximum Gasteiger partial charge on any atom is 0.258 e. The van der Waals surface area contributed by atoms with E-state index in [4.69, 9.17) is 4.42 Å². The first-order valence-corrected chi connectivity index (χ1v) is 9.94. The highest BCUT2D eigenvalue weighted by molar-refractivity contribution is 7.15. The number of anilines is 1. The van der Waals surface area contributed by atoms with Crippen LogP contribution in [0.25, 0.3) is 22.5 Å². The molecule has 8 nitrogen and oxygen atoms in total. The third-order valence-electron chi connectivity index (χ3n) is 4.23. The van der Waals surface area contributed by atoms with Crippen molar-refractivity contribution in [1.29, 1.82) is 0 Å². The average Bonchev–Trinajstić information content (AvgIpc) is 3.41. The fraction of sp³-hybridized carbons (Fsp3) is 0.316. The Morgan fingerprint density at radius 2 is 2.21 bits per heavy atom. The fourth-order valence-corrected chi connectivity index (χ4v) is 3.75. The summed E-state index contributed by atoms with van der Waals surface area (Å²) in [5.74, 6) is 0.316. The first-order valence-electron chi connectivity index (χ1n) is 9.12. The molecule has 0 unspecified atom stereocenters. The van der Waals surface area contributed by atoms with Gasteiger partial charge in [-0.2, -0.15) is 5.10 Å². The minimum absolute atomic E-state index is 0.104. The van der Waals surface area contributed by atoms with Crippen LogP contribution in [0.2, 0.25) is 0 Å². The molecule has 0 aliphatic heterocycles. The largest absolute Gasteiger partial charge is 0.463 e. The molecule has 4 rings (SSSR count). The molecule has 144 valence electrons. The van der Waals surface area contributed by atoms with Crippen LogP contribution in [-0.2, 0) is 6.42 Å². The van der Waals surface area contributed by atoms with Gasteiger partial charge < -0.3 is 4.42 Å². The summed E-state index contributed by atoms with van der Waals surface area (Å²) in [7, 11) is 0. The summed E-state index contributed by atoms with van der Waals surface area (Å²) >= 11 is 1.39. The van der Waals surface area contributed by atoms with E-state index in [0.717, 1.165) is 17.8 Å². The highest BCUT2D eigenvalue weighted by Gasteiger charge is 2.20. The Morgan fingerprint density at radius 3 is 2.93 bits per heavy atom. The minimum atomic E-state index is -0.275. The molecule has 1 N–H and O–H groups in total. The van der Waals surface area contributed by atoms with E-state index < -0.39 is 0 Å². The van der Waals surface area contributed by atoms with Crippen molar-refractivity contribution in [2.45, 2.75) is 39.7 Å². The number of pyridine rings is 1. The van der Waals surface area contributed by atoms with E-state index in [-0.39, 0.29) is 11.9 Å². The number of fused-ring (bicyclic) bond motifs is 1. The van der Waals surface area contributed by atoms with E-state index in [1.54, 1.807) is 29.3 Å². The molecule has 0 bridgehead atoms. The van der Waals surface area contributed by atoms with Crippen LogP contribution in [0.5, 0.6) is 0 Å². The Bertz CT molecular complexity index is 1110. The van der Waals surface area contributed by atoms with Crippen LogP contribution >= 0.6 is 11.3 Å². The van der Waals surface area contributed by atoms with Crippen LogP contribution < -0.4 is 5.32 Å². The number of rotatable bonds is 6. The Hall–Kier alpha value is -3.07. The summed E-state index contributed by atoms with van der Waals surface area (Å²) in [5.41, 5.74) is 1.68. The number of hydrogen-bond donors (Lipinski definition) is 1. The number of aryl methyl sites for hydroxylation is 1. The summed E-state index contributed by atoms with van der Waals surface area (Å²) in [6.45, 7) is 6.11. The van der Waals surface area contributed by atoms with Crippen LogP contribution in [-0.4, -0.2) is 30.9 Å². The molecule has 0 saturated carbocycles. The van der Waals surface area contributed by atoms with Crippen molar-refractivity contribution >= 4 is 33.4 Å². The summed E-state index contributed by atoms with van der Waals surface area (Å²) < 4.78 is 7.28. The van der Waals surface area contributed by atoms with Crippen molar-refractivity contribution in [3.63, 3.8) is 0 Å². The van der Waals surface area contributed by atoms with Gasteiger partial charge in [-0.1, -0.05) is 18.3 Å². The highest BCUT2D eigenvalue weighted by atomic mass is 32.1.